The van der Waals surface area contributed by atoms with Gasteiger partial charge in [0, 0.05) is 23.0 Å². The van der Waals surface area contributed by atoms with Gasteiger partial charge in [-0.05, 0) is 49.7 Å². The summed E-state index contributed by atoms with van der Waals surface area (Å²) >= 11 is 6.39. The van der Waals surface area contributed by atoms with E-state index < -0.39 is 0 Å². The molecule has 1 N–H and O–H groups in total. The molecular weight excluding hydrogens is 348 g/mol. The maximum Gasteiger partial charge on any atom is 0.237 e. The van der Waals surface area contributed by atoms with E-state index in [1.807, 2.05) is 56.3 Å². The Bertz CT molecular complexity index is 941. The van der Waals surface area contributed by atoms with Gasteiger partial charge in [0.1, 0.15) is 5.69 Å². The number of rotatable bonds is 6. The minimum atomic E-state index is -0.0870. The van der Waals surface area contributed by atoms with Gasteiger partial charge < -0.3 is 10.1 Å². The Morgan fingerprint density at radius 1 is 1.12 bits per heavy atom. The van der Waals surface area contributed by atoms with Crippen LogP contribution in [0.25, 0.3) is 0 Å². The van der Waals surface area contributed by atoms with Gasteiger partial charge in [-0.1, -0.05) is 35.9 Å². The van der Waals surface area contributed by atoms with Crippen LogP contribution in [0.4, 0.5) is 11.4 Å². The molecule has 0 aliphatic heterocycles. The lowest BCUT2D eigenvalue weighted by molar-refractivity contribution is 0.103. The smallest absolute Gasteiger partial charge is 0.237 e. The first kappa shape index (κ1) is 18.0. The number of aromatic nitrogens is 1. The lowest BCUT2D eigenvalue weighted by Crippen LogP contribution is -2.05. The summed E-state index contributed by atoms with van der Waals surface area (Å²) in [5.74, 6) is 0.433. The molecule has 3 aromatic rings. The maximum absolute atomic E-state index is 12.8. The Balaban J connectivity index is 1.87. The minimum absolute atomic E-state index is 0.0870. The standard InChI is InChI=1S/C21H19ClN2O2/c1-3-26-21-19(9-6-12-23-21)24-15-10-11-17(18(22)13-15)20(25)16-8-5-4-7-14(16)2/h4-13,24H,3H2,1-2H3. The molecule has 2 aromatic carbocycles. The van der Waals surface area contributed by atoms with Crippen molar-refractivity contribution in [1.82, 2.24) is 4.98 Å². The number of aryl methyl sites for hydroxylation is 1. The SMILES string of the molecule is CCOc1ncccc1Nc1ccc(C(=O)c2ccccc2C)c(Cl)c1. The van der Waals surface area contributed by atoms with E-state index in [2.05, 4.69) is 10.3 Å². The van der Waals surface area contributed by atoms with Crippen molar-refractivity contribution in [2.45, 2.75) is 13.8 Å². The van der Waals surface area contributed by atoms with Gasteiger partial charge in [0.15, 0.2) is 5.78 Å². The quantitative estimate of drug-likeness (QED) is 0.592. The Labute approximate surface area is 157 Å². The zero-order valence-corrected chi connectivity index (χ0v) is 15.4. The first-order valence-corrected chi connectivity index (χ1v) is 8.72. The molecule has 0 unspecified atom stereocenters. The summed E-state index contributed by atoms with van der Waals surface area (Å²) in [6.45, 7) is 4.34. The lowest BCUT2D eigenvalue weighted by Gasteiger charge is -2.12. The van der Waals surface area contributed by atoms with Crippen molar-refractivity contribution >= 4 is 28.8 Å². The normalized spacial score (nSPS) is 10.4. The van der Waals surface area contributed by atoms with Gasteiger partial charge in [0.05, 0.1) is 11.6 Å². The van der Waals surface area contributed by atoms with Crippen molar-refractivity contribution < 1.29 is 9.53 Å². The van der Waals surface area contributed by atoms with Crippen LogP contribution in [0.15, 0.2) is 60.8 Å². The van der Waals surface area contributed by atoms with Gasteiger partial charge in [0.2, 0.25) is 5.88 Å². The van der Waals surface area contributed by atoms with Gasteiger partial charge in [-0.25, -0.2) is 4.98 Å². The first-order chi connectivity index (χ1) is 12.6. The first-order valence-electron chi connectivity index (χ1n) is 8.35. The number of hydrogen-bond donors (Lipinski definition) is 1. The van der Waals surface area contributed by atoms with E-state index in [0.717, 1.165) is 16.9 Å². The number of ether oxygens (including phenoxy) is 1. The molecule has 0 saturated heterocycles. The lowest BCUT2D eigenvalue weighted by atomic mass is 9.99. The summed E-state index contributed by atoms with van der Waals surface area (Å²) in [5.41, 5.74) is 3.55. The van der Waals surface area contributed by atoms with Crippen molar-refractivity contribution in [2.24, 2.45) is 0 Å². The molecule has 4 nitrogen and oxygen atoms in total. The summed E-state index contributed by atoms with van der Waals surface area (Å²) in [6.07, 6.45) is 1.67. The summed E-state index contributed by atoms with van der Waals surface area (Å²) in [6, 6.07) is 16.5. The highest BCUT2D eigenvalue weighted by molar-refractivity contribution is 6.35. The van der Waals surface area contributed by atoms with E-state index in [9.17, 15) is 4.79 Å². The number of nitrogens with one attached hydrogen (secondary N) is 1. The van der Waals surface area contributed by atoms with E-state index in [4.69, 9.17) is 16.3 Å². The fourth-order valence-corrected chi connectivity index (χ4v) is 2.91. The Kier molecular flexibility index (Phi) is 5.54. The van der Waals surface area contributed by atoms with Crippen molar-refractivity contribution in [3.63, 3.8) is 0 Å². The molecule has 132 valence electrons. The van der Waals surface area contributed by atoms with Crippen molar-refractivity contribution in [2.75, 3.05) is 11.9 Å². The van der Waals surface area contributed by atoms with Gasteiger partial charge in [-0.3, -0.25) is 4.79 Å². The number of halogens is 1. The molecule has 0 amide bonds. The number of carbonyl (C=O) groups is 1. The number of nitrogens with zero attached hydrogens (tertiary/aromatic N) is 1. The van der Waals surface area contributed by atoms with Crippen molar-refractivity contribution in [3.8, 4) is 5.88 Å². The third kappa shape index (κ3) is 3.86. The van der Waals surface area contributed by atoms with Crippen LogP contribution >= 0.6 is 11.6 Å². The van der Waals surface area contributed by atoms with E-state index in [1.54, 1.807) is 18.3 Å². The molecule has 3 rings (SSSR count). The van der Waals surface area contributed by atoms with E-state index >= 15 is 0 Å². The number of benzene rings is 2. The van der Waals surface area contributed by atoms with Crippen molar-refractivity contribution in [1.29, 1.82) is 0 Å². The molecule has 0 aliphatic carbocycles. The minimum Gasteiger partial charge on any atom is -0.476 e. The van der Waals surface area contributed by atoms with Gasteiger partial charge >= 0.3 is 0 Å². The molecule has 0 saturated carbocycles. The number of ketones is 1. The number of anilines is 2. The maximum atomic E-state index is 12.8. The highest BCUT2D eigenvalue weighted by Crippen LogP contribution is 2.29. The van der Waals surface area contributed by atoms with Crippen LogP contribution < -0.4 is 10.1 Å². The molecule has 0 aliphatic rings. The summed E-state index contributed by atoms with van der Waals surface area (Å²) < 4.78 is 5.51. The van der Waals surface area contributed by atoms with Crippen LogP contribution in [0.5, 0.6) is 5.88 Å². The third-order valence-corrected chi connectivity index (χ3v) is 4.25. The van der Waals surface area contributed by atoms with E-state index in [0.29, 0.717) is 28.6 Å². The van der Waals surface area contributed by atoms with Gasteiger partial charge in [-0.15, -0.1) is 0 Å². The number of hydrogen-bond acceptors (Lipinski definition) is 4. The molecule has 0 radical (unpaired) electrons. The molecule has 5 heteroatoms. The van der Waals surface area contributed by atoms with Crippen LogP contribution in [-0.2, 0) is 0 Å². The fourth-order valence-electron chi connectivity index (χ4n) is 2.64. The average Bonchev–Trinajstić information content (AvgIpc) is 2.64. The third-order valence-electron chi connectivity index (χ3n) is 3.93. The highest BCUT2D eigenvalue weighted by atomic mass is 35.5. The zero-order chi connectivity index (χ0) is 18.5. The second-order valence-electron chi connectivity index (χ2n) is 5.75. The largest absolute Gasteiger partial charge is 0.476 e. The van der Waals surface area contributed by atoms with Crippen LogP contribution in [0.1, 0.15) is 28.4 Å². The van der Waals surface area contributed by atoms with Crippen molar-refractivity contribution in [3.05, 3.63) is 82.5 Å². The molecule has 0 fully saturated rings. The van der Waals surface area contributed by atoms with Gasteiger partial charge in [-0.2, -0.15) is 0 Å². The van der Waals surface area contributed by atoms with Crippen LogP contribution in [0.3, 0.4) is 0 Å². The van der Waals surface area contributed by atoms with E-state index in [1.165, 1.54) is 0 Å². The molecule has 26 heavy (non-hydrogen) atoms. The molecule has 1 aromatic heterocycles. The molecule has 1 heterocycles. The Morgan fingerprint density at radius 3 is 2.65 bits per heavy atom. The van der Waals surface area contributed by atoms with Crippen LogP contribution in [-0.4, -0.2) is 17.4 Å². The molecule has 0 spiro atoms. The molecule has 0 atom stereocenters. The topological polar surface area (TPSA) is 51.2 Å². The van der Waals surface area contributed by atoms with Crippen LogP contribution in [0.2, 0.25) is 5.02 Å². The number of carbonyl (C=O) groups excluding carboxylic acids is 1. The Morgan fingerprint density at radius 2 is 1.92 bits per heavy atom. The van der Waals surface area contributed by atoms with E-state index in [-0.39, 0.29) is 5.78 Å². The second-order valence-corrected chi connectivity index (χ2v) is 6.16. The number of pyridine rings is 1. The predicted octanol–water partition coefficient (Wildman–Crippen LogP) is 5.42. The fraction of sp³-hybridized carbons (Fsp3) is 0.143. The summed E-state index contributed by atoms with van der Waals surface area (Å²) in [7, 11) is 0. The monoisotopic (exact) mass is 366 g/mol. The molecule has 0 bridgehead atoms. The Hall–Kier alpha value is -2.85. The average molecular weight is 367 g/mol. The highest BCUT2D eigenvalue weighted by Gasteiger charge is 2.15. The van der Waals surface area contributed by atoms with Crippen LogP contribution in [0, 0.1) is 6.92 Å². The molecular formula is C21H19ClN2O2. The predicted molar refractivity (Wildman–Crippen MR) is 105 cm³/mol. The second kappa shape index (κ2) is 8.02. The zero-order valence-electron chi connectivity index (χ0n) is 14.6. The summed E-state index contributed by atoms with van der Waals surface area (Å²) in [4.78, 5) is 17.0. The summed E-state index contributed by atoms with van der Waals surface area (Å²) in [5, 5.41) is 3.63. The van der Waals surface area contributed by atoms with Gasteiger partial charge in [0.25, 0.3) is 0 Å².